The summed E-state index contributed by atoms with van der Waals surface area (Å²) in [7, 11) is 0. The van der Waals surface area contributed by atoms with Crippen LogP contribution in [-0.4, -0.2) is 46.1 Å². The highest BCUT2D eigenvalue weighted by Gasteiger charge is 2.64. The molecule has 2 saturated heterocycles. The number of piperidine rings is 1. The number of epoxide rings is 1. The Bertz CT molecular complexity index is 616. The van der Waals surface area contributed by atoms with Crippen LogP contribution in [0.3, 0.4) is 0 Å². The van der Waals surface area contributed by atoms with Gasteiger partial charge in [-0.15, -0.1) is 0 Å². The van der Waals surface area contributed by atoms with E-state index in [9.17, 15) is 18.0 Å². The van der Waals surface area contributed by atoms with E-state index in [1.807, 2.05) is 30.9 Å². The predicted molar refractivity (Wildman–Crippen MR) is 92.5 cm³/mol. The summed E-state index contributed by atoms with van der Waals surface area (Å²) in [6.07, 6.45) is 0.635. The minimum absolute atomic E-state index is 0.105. The van der Waals surface area contributed by atoms with Crippen LogP contribution in [0.1, 0.15) is 46.0 Å². The van der Waals surface area contributed by atoms with E-state index in [4.69, 9.17) is 4.74 Å². The van der Waals surface area contributed by atoms with Crippen LogP contribution in [0.2, 0.25) is 0 Å². The number of nitrogens with zero attached hydrogens (tertiary/aromatic N) is 1. The van der Waals surface area contributed by atoms with Crippen LogP contribution in [0, 0.1) is 0 Å². The van der Waals surface area contributed by atoms with Crippen molar-refractivity contribution in [3.8, 4) is 0 Å². The van der Waals surface area contributed by atoms with E-state index >= 15 is 0 Å². The molecule has 0 spiro atoms. The number of carbonyl (C=O) groups is 1. The number of fused-ring (bicyclic) bond motifs is 1. The van der Waals surface area contributed by atoms with E-state index in [1.165, 1.54) is 0 Å². The normalized spacial score (nSPS) is 35.7. The second kappa shape index (κ2) is 6.82. The van der Waals surface area contributed by atoms with Crippen LogP contribution < -0.4 is 0 Å². The molecule has 0 N–H and O–H groups in total. The van der Waals surface area contributed by atoms with Crippen molar-refractivity contribution in [2.75, 3.05) is 6.54 Å². The Morgan fingerprint density at radius 3 is 2.80 bits per heavy atom. The van der Waals surface area contributed by atoms with Crippen LogP contribution in [0.4, 0.5) is 13.2 Å². The topological polar surface area (TPSA) is 32.8 Å². The van der Waals surface area contributed by atoms with Crippen molar-refractivity contribution in [1.82, 2.24) is 4.90 Å². The van der Waals surface area contributed by atoms with E-state index in [1.54, 1.807) is 0 Å². The Morgan fingerprint density at radius 1 is 1.48 bits per heavy atom. The van der Waals surface area contributed by atoms with Crippen LogP contribution in [0.25, 0.3) is 0 Å². The van der Waals surface area contributed by atoms with E-state index < -0.39 is 24.0 Å². The number of ether oxygens (including phenoxy) is 1. The highest BCUT2D eigenvalue weighted by atomic mass is 79.9. The summed E-state index contributed by atoms with van der Waals surface area (Å²) in [5.41, 5.74) is 1.09. The van der Waals surface area contributed by atoms with Gasteiger partial charge in [0.25, 0.3) is 0 Å². The van der Waals surface area contributed by atoms with Crippen molar-refractivity contribution in [3.05, 3.63) is 23.3 Å². The third kappa shape index (κ3) is 3.47. The average molecular weight is 422 g/mol. The molecule has 3 nitrogen and oxygen atoms in total. The Labute approximate surface area is 154 Å². The first-order chi connectivity index (χ1) is 11.7. The first-order valence-electron chi connectivity index (χ1n) is 8.78. The Morgan fingerprint density at radius 2 is 2.20 bits per heavy atom. The van der Waals surface area contributed by atoms with E-state index in [-0.39, 0.29) is 10.6 Å². The molecule has 0 aromatic rings. The molecule has 25 heavy (non-hydrogen) atoms. The number of likely N-dealkylation sites (tertiary alicyclic amines) is 1. The Kier molecular flexibility index (Phi) is 5.21. The molecule has 0 radical (unpaired) electrons. The molecule has 140 valence electrons. The van der Waals surface area contributed by atoms with Gasteiger partial charge in [0.05, 0.1) is 10.4 Å². The monoisotopic (exact) mass is 421 g/mol. The summed E-state index contributed by atoms with van der Waals surface area (Å²) in [5.74, 6) is 0.105. The van der Waals surface area contributed by atoms with Gasteiger partial charge in [0.15, 0.2) is 11.9 Å². The second-order valence-electron chi connectivity index (χ2n) is 7.15. The summed E-state index contributed by atoms with van der Waals surface area (Å²) in [4.78, 5) is 14.0. The maximum absolute atomic E-state index is 12.9. The number of hydrogen-bond donors (Lipinski definition) is 0. The molecule has 0 amide bonds. The highest BCUT2D eigenvalue weighted by molar-refractivity contribution is 9.09. The SMILES string of the molecule is CCCCC(=O)C1=CC(Br)C2(C)C(=C1)CCCN2C1OC1C(F)(F)F. The van der Waals surface area contributed by atoms with Crippen molar-refractivity contribution < 1.29 is 22.7 Å². The van der Waals surface area contributed by atoms with Crippen LogP contribution >= 0.6 is 15.9 Å². The smallest absolute Gasteiger partial charge is 0.343 e. The summed E-state index contributed by atoms with van der Waals surface area (Å²) in [6.45, 7) is 4.54. The fraction of sp³-hybridized carbons (Fsp3) is 0.722. The number of hydrogen-bond acceptors (Lipinski definition) is 3. The van der Waals surface area contributed by atoms with Gasteiger partial charge in [-0.2, -0.15) is 13.2 Å². The van der Waals surface area contributed by atoms with E-state index in [0.29, 0.717) is 18.5 Å². The number of carbonyl (C=O) groups excluding carboxylic acids is 1. The molecule has 7 heteroatoms. The maximum Gasteiger partial charge on any atom is 0.418 e. The van der Waals surface area contributed by atoms with Gasteiger partial charge in [-0.05, 0) is 31.8 Å². The van der Waals surface area contributed by atoms with Crippen molar-refractivity contribution in [2.24, 2.45) is 0 Å². The molecule has 1 aliphatic carbocycles. The van der Waals surface area contributed by atoms with Gasteiger partial charge >= 0.3 is 6.18 Å². The third-order valence-corrected chi connectivity index (χ3v) is 6.62. The summed E-state index contributed by atoms with van der Waals surface area (Å²) in [5, 5.41) is 0. The number of unbranched alkanes of at least 4 members (excludes halogenated alkanes) is 1. The fourth-order valence-corrected chi connectivity index (χ4v) is 4.69. The fourth-order valence-electron chi connectivity index (χ4n) is 3.85. The Balaban J connectivity index is 1.82. The minimum Gasteiger partial charge on any atom is -0.343 e. The zero-order valence-corrected chi connectivity index (χ0v) is 16.0. The summed E-state index contributed by atoms with van der Waals surface area (Å²) >= 11 is 3.62. The molecule has 2 heterocycles. The van der Waals surface area contributed by atoms with Gasteiger partial charge in [-0.25, -0.2) is 0 Å². The lowest BCUT2D eigenvalue weighted by Gasteiger charge is -2.50. The maximum atomic E-state index is 12.9. The van der Waals surface area contributed by atoms with Crippen molar-refractivity contribution in [2.45, 2.75) is 74.8 Å². The predicted octanol–water partition coefficient (Wildman–Crippen LogP) is 4.52. The molecular formula is C18H23BrF3NO2. The Hall–Kier alpha value is -0.660. The van der Waals surface area contributed by atoms with Gasteiger partial charge in [0.2, 0.25) is 0 Å². The van der Waals surface area contributed by atoms with Gasteiger partial charge in [0, 0.05) is 18.5 Å². The molecule has 2 aliphatic heterocycles. The molecule has 0 aromatic heterocycles. The zero-order valence-electron chi connectivity index (χ0n) is 14.4. The molecule has 0 saturated carbocycles. The standard InChI is InChI=1S/C18H23BrF3NO2/c1-3-4-7-13(24)11-9-12-6-5-8-23(17(12,2)14(19)10-11)16-15(25-16)18(20,21)22/h9-10,14-16H,3-8H2,1-2H3. The number of halogens is 4. The first kappa shape index (κ1) is 19.1. The largest absolute Gasteiger partial charge is 0.418 e. The number of allylic oxidation sites excluding steroid dienone is 2. The van der Waals surface area contributed by atoms with Crippen molar-refractivity contribution in [1.29, 1.82) is 0 Å². The first-order valence-corrected chi connectivity index (χ1v) is 9.70. The van der Waals surface area contributed by atoms with E-state index in [0.717, 1.165) is 31.3 Å². The minimum atomic E-state index is -4.34. The van der Waals surface area contributed by atoms with Crippen LogP contribution in [0.5, 0.6) is 0 Å². The number of rotatable bonds is 5. The number of ketones is 1. The van der Waals surface area contributed by atoms with Gasteiger partial charge in [-0.3, -0.25) is 9.69 Å². The number of Topliss-reactive ketones (excluding diaryl/α,β-unsaturated/α-hetero) is 1. The molecule has 3 aliphatic rings. The number of alkyl halides is 4. The van der Waals surface area contributed by atoms with Crippen molar-refractivity contribution >= 4 is 21.7 Å². The molecule has 0 aromatic carbocycles. The molecule has 2 fully saturated rings. The average Bonchev–Trinajstić information content (AvgIpc) is 3.33. The quantitative estimate of drug-likeness (QED) is 0.483. The lowest BCUT2D eigenvalue weighted by molar-refractivity contribution is -0.147. The summed E-state index contributed by atoms with van der Waals surface area (Å²) < 4.78 is 43.8. The molecule has 0 bridgehead atoms. The van der Waals surface area contributed by atoms with Gasteiger partial charge in [0.1, 0.15) is 6.23 Å². The molecule has 4 unspecified atom stereocenters. The lowest BCUT2D eigenvalue weighted by atomic mass is 9.75. The highest BCUT2D eigenvalue weighted by Crippen LogP contribution is 2.50. The molecule has 4 atom stereocenters. The van der Waals surface area contributed by atoms with Gasteiger partial charge in [-0.1, -0.05) is 41.4 Å². The molecule has 3 rings (SSSR count). The van der Waals surface area contributed by atoms with Crippen LogP contribution in [0.15, 0.2) is 23.3 Å². The zero-order chi connectivity index (χ0) is 18.4. The van der Waals surface area contributed by atoms with Gasteiger partial charge < -0.3 is 4.74 Å². The summed E-state index contributed by atoms with van der Waals surface area (Å²) in [6, 6.07) is 0. The van der Waals surface area contributed by atoms with E-state index in [2.05, 4.69) is 15.9 Å². The van der Waals surface area contributed by atoms with Crippen LogP contribution in [-0.2, 0) is 9.53 Å². The lowest BCUT2D eigenvalue weighted by Crippen LogP contribution is -2.59. The van der Waals surface area contributed by atoms with Crippen molar-refractivity contribution in [3.63, 3.8) is 0 Å². The molecular weight excluding hydrogens is 399 g/mol. The third-order valence-electron chi connectivity index (χ3n) is 5.46. The second-order valence-corrected chi connectivity index (χ2v) is 8.14.